The number of fused-ring (bicyclic) bond motifs is 1. The number of para-hydroxylation sites is 1. The number of benzene rings is 1. The highest BCUT2D eigenvalue weighted by Crippen LogP contribution is 2.42. The van der Waals surface area contributed by atoms with Crippen molar-refractivity contribution >= 4 is 12.0 Å². The number of rotatable bonds is 3. The van der Waals surface area contributed by atoms with Gasteiger partial charge < -0.3 is 9.64 Å². The van der Waals surface area contributed by atoms with Crippen molar-refractivity contribution in [1.82, 2.24) is 14.8 Å². The van der Waals surface area contributed by atoms with Gasteiger partial charge in [0.1, 0.15) is 11.4 Å². The molecule has 0 N–H and O–H groups in total. The molecule has 1 aromatic heterocycles. The van der Waals surface area contributed by atoms with Crippen molar-refractivity contribution in [2.75, 3.05) is 26.2 Å². The highest BCUT2D eigenvalue weighted by molar-refractivity contribution is 5.94. The Labute approximate surface area is 184 Å². The Hall–Kier alpha value is -2.66. The molecule has 3 aliphatic heterocycles. The molecule has 162 valence electrons. The monoisotopic (exact) mass is 417 g/mol. The number of hydrogen-bond donors (Lipinski definition) is 0. The van der Waals surface area contributed by atoms with E-state index in [0.717, 1.165) is 63.3 Å². The molecule has 0 unspecified atom stereocenters. The van der Waals surface area contributed by atoms with E-state index in [0.29, 0.717) is 0 Å². The molecule has 1 amide bonds. The summed E-state index contributed by atoms with van der Waals surface area (Å²) in [4.78, 5) is 21.4. The van der Waals surface area contributed by atoms with E-state index in [2.05, 4.69) is 54.1 Å². The topological polar surface area (TPSA) is 45.7 Å². The molecule has 4 heterocycles. The Morgan fingerprint density at radius 1 is 1.06 bits per heavy atom. The van der Waals surface area contributed by atoms with Crippen LogP contribution in [0.2, 0.25) is 0 Å². The molecule has 5 heteroatoms. The minimum Gasteiger partial charge on any atom is -0.483 e. The first-order chi connectivity index (χ1) is 14.9. The number of amides is 1. The summed E-state index contributed by atoms with van der Waals surface area (Å²) in [6, 6.07) is 10.1. The largest absolute Gasteiger partial charge is 0.483 e. The lowest BCUT2D eigenvalue weighted by molar-refractivity contribution is 0.0710. The average Bonchev–Trinajstić information content (AvgIpc) is 3.19. The van der Waals surface area contributed by atoms with Gasteiger partial charge in [0.15, 0.2) is 0 Å². The van der Waals surface area contributed by atoms with Gasteiger partial charge in [-0.2, -0.15) is 0 Å². The molecule has 2 fully saturated rings. The van der Waals surface area contributed by atoms with Crippen molar-refractivity contribution in [3.63, 3.8) is 0 Å². The number of carbonyl (C=O) groups excluding carboxylic acids is 1. The molecule has 31 heavy (non-hydrogen) atoms. The summed E-state index contributed by atoms with van der Waals surface area (Å²) in [7, 11) is 0. The molecule has 2 saturated heterocycles. The van der Waals surface area contributed by atoms with Crippen LogP contribution < -0.4 is 4.74 Å². The number of likely N-dealkylation sites (tertiary alicyclic amines) is 2. The Morgan fingerprint density at radius 2 is 1.81 bits per heavy atom. The van der Waals surface area contributed by atoms with Gasteiger partial charge in [0.05, 0.1) is 0 Å². The van der Waals surface area contributed by atoms with Gasteiger partial charge in [-0.15, -0.1) is 0 Å². The highest BCUT2D eigenvalue weighted by atomic mass is 16.5. The summed E-state index contributed by atoms with van der Waals surface area (Å²) in [5, 5.41) is 0. The molecule has 0 atom stereocenters. The van der Waals surface area contributed by atoms with Gasteiger partial charge in [-0.1, -0.05) is 24.3 Å². The molecule has 5 rings (SSSR count). The van der Waals surface area contributed by atoms with E-state index < -0.39 is 0 Å². The molecule has 2 aromatic rings. The molecule has 0 bridgehead atoms. The van der Waals surface area contributed by atoms with Crippen molar-refractivity contribution < 1.29 is 9.53 Å². The van der Waals surface area contributed by atoms with E-state index in [1.165, 1.54) is 11.1 Å². The summed E-state index contributed by atoms with van der Waals surface area (Å²) in [6.07, 6.45) is 11.1. The van der Waals surface area contributed by atoms with Crippen molar-refractivity contribution in [2.45, 2.75) is 45.3 Å². The van der Waals surface area contributed by atoms with Crippen LogP contribution in [0.4, 0.5) is 0 Å². The molecule has 0 saturated carbocycles. The maximum absolute atomic E-state index is 12.8. The first-order valence-electron chi connectivity index (χ1n) is 11.4. The van der Waals surface area contributed by atoms with Crippen molar-refractivity contribution in [2.24, 2.45) is 5.41 Å². The first kappa shape index (κ1) is 20.3. The first-order valence-corrected chi connectivity index (χ1v) is 11.4. The lowest BCUT2D eigenvalue weighted by Crippen LogP contribution is -2.42. The maximum Gasteiger partial charge on any atom is 0.253 e. The minimum atomic E-state index is -0.260. The fraction of sp³-hybridized carbons (Fsp3) is 0.462. The standard InChI is InChI=1S/C26H31N3O2/c1-25(2)9-6-20-4-3-5-22(23(20)31-25)18-28-15-10-26(11-16-28)12-17-29(19-26)24(30)21-7-13-27-14-8-21/h3-9,13-14H,10-12,15-19H2,1-2H3. The second kappa shape index (κ2) is 7.79. The van der Waals surface area contributed by atoms with E-state index in [9.17, 15) is 4.79 Å². The predicted octanol–water partition coefficient (Wildman–Crippen LogP) is 4.39. The van der Waals surface area contributed by atoms with Gasteiger partial charge in [-0.25, -0.2) is 0 Å². The fourth-order valence-electron chi connectivity index (χ4n) is 5.19. The Balaban J connectivity index is 1.21. The second-order valence-electron chi connectivity index (χ2n) is 9.86. The molecule has 1 spiro atoms. The van der Waals surface area contributed by atoms with Crippen LogP contribution in [0.25, 0.3) is 6.08 Å². The third kappa shape index (κ3) is 4.11. The predicted molar refractivity (Wildman–Crippen MR) is 122 cm³/mol. The Kier molecular flexibility index (Phi) is 5.09. The van der Waals surface area contributed by atoms with Gasteiger partial charge in [0, 0.05) is 48.7 Å². The summed E-state index contributed by atoms with van der Waals surface area (Å²) in [6.45, 7) is 9.01. The van der Waals surface area contributed by atoms with Crippen LogP contribution in [0.15, 0.2) is 48.8 Å². The van der Waals surface area contributed by atoms with Crippen LogP contribution in [0.5, 0.6) is 5.75 Å². The van der Waals surface area contributed by atoms with Gasteiger partial charge in [-0.3, -0.25) is 14.7 Å². The zero-order valence-corrected chi connectivity index (χ0v) is 18.5. The van der Waals surface area contributed by atoms with Gasteiger partial charge in [0.25, 0.3) is 5.91 Å². The smallest absolute Gasteiger partial charge is 0.253 e. The number of aromatic nitrogens is 1. The number of carbonyl (C=O) groups is 1. The molecular weight excluding hydrogens is 386 g/mol. The molecule has 5 nitrogen and oxygen atoms in total. The minimum absolute atomic E-state index is 0.144. The third-order valence-corrected chi connectivity index (χ3v) is 7.12. The Morgan fingerprint density at radius 3 is 2.58 bits per heavy atom. The second-order valence-corrected chi connectivity index (χ2v) is 9.86. The highest BCUT2D eigenvalue weighted by Gasteiger charge is 2.42. The van der Waals surface area contributed by atoms with Crippen LogP contribution in [0, 0.1) is 5.41 Å². The van der Waals surface area contributed by atoms with E-state index in [1.807, 2.05) is 17.0 Å². The maximum atomic E-state index is 12.8. The molecule has 0 radical (unpaired) electrons. The van der Waals surface area contributed by atoms with E-state index in [-0.39, 0.29) is 16.9 Å². The summed E-state index contributed by atoms with van der Waals surface area (Å²) in [5.74, 6) is 1.18. The molecule has 3 aliphatic rings. The van der Waals surface area contributed by atoms with Crippen molar-refractivity contribution in [3.05, 3.63) is 65.5 Å². The van der Waals surface area contributed by atoms with Gasteiger partial charge in [0.2, 0.25) is 0 Å². The normalized spacial score (nSPS) is 21.7. The van der Waals surface area contributed by atoms with Crippen LogP contribution in [0.1, 0.15) is 54.6 Å². The van der Waals surface area contributed by atoms with Gasteiger partial charge in [-0.05, 0) is 69.8 Å². The number of nitrogens with zero attached hydrogens (tertiary/aromatic N) is 3. The summed E-state index contributed by atoms with van der Waals surface area (Å²) in [5.41, 5.74) is 3.20. The summed E-state index contributed by atoms with van der Waals surface area (Å²) >= 11 is 0. The zero-order valence-electron chi connectivity index (χ0n) is 18.5. The average molecular weight is 418 g/mol. The SMILES string of the molecule is CC1(C)C=Cc2cccc(CN3CCC4(CC3)CCN(C(=O)c3ccncc3)C4)c2O1. The van der Waals surface area contributed by atoms with Crippen LogP contribution >= 0.6 is 0 Å². The Bertz CT molecular complexity index is 991. The van der Waals surface area contributed by atoms with Crippen molar-refractivity contribution in [3.8, 4) is 5.75 Å². The molecular formula is C26H31N3O2. The fourth-order valence-corrected chi connectivity index (χ4v) is 5.19. The van der Waals surface area contributed by atoms with Crippen LogP contribution in [-0.4, -0.2) is 52.5 Å². The number of ether oxygens (including phenoxy) is 1. The lowest BCUT2D eigenvalue weighted by atomic mass is 9.77. The number of piperidine rings is 1. The van der Waals surface area contributed by atoms with E-state index >= 15 is 0 Å². The number of hydrogen-bond acceptors (Lipinski definition) is 4. The van der Waals surface area contributed by atoms with E-state index in [4.69, 9.17) is 4.74 Å². The molecule has 1 aromatic carbocycles. The number of pyridine rings is 1. The summed E-state index contributed by atoms with van der Waals surface area (Å²) < 4.78 is 6.31. The zero-order chi connectivity index (χ0) is 21.5. The van der Waals surface area contributed by atoms with Crippen LogP contribution in [0.3, 0.4) is 0 Å². The van der Waals surface area contributed by atoms with Crippen LogP contribution in [-0.2, 0) is 6.54 Å². The van der Waals surface area contributed by atoms with Gasteiger partial charge >= 0.3 is 0 Å². The van der Waals surface area contributed by atoms with Crippen molar-refractivity contribution in [1.29, 1.82) is 0 Å². The van der Waals surface area contributed by atoms with E-state index in [1.54, 1.807) is 12.4 Å². The third-order valence-electron chi connectivity index (χ3n) is 7.12. The molecule has 0 aliphatic carbocycles. The lowest BCUT2D eigenvalue weighted by Gasteiger charge is -2.39. The quantitative estimate of drug-likeness (QED) is 0.743.